The molecule has 4 heteroatoms. The first-order valence-corrected chi connectivity index (χ1v) is 7.20. The van der Waals surface area contributed by atoms with E-state index in [1.165, 1.54) is 5.56 Å². The second-order valence-corrected chi connectivity index (χ2v) is 4.57. The standard InChI is InChI=1S/C16H18ClNO2/c1-2-19-16-11-14(12-17)3-4-15(16)20-10-7-13-5-8-18-9-6-13/h3-6,8-9,11H,2,7,10,12H2,1H3. The van der Waals surface area contributed by atoms with Crippen LogP contribution in [0.5, 0.6) is 11.5 Å². The molecule has 0 radical (unpaired) electrons. The lowest BCUT2D eigenvalue weighted by Crippen LogP contribution is -2.04. The lowest BCUT2D eigenvalue weighted by molar-refractivity contribution is 0.279. The van der Waals surface area contributed by atoms with Crippen LogP contribution in [0.15, 0.2) is 42.7 Å². The Kier molecular flexibility index (Phi) is 5.69. The Morgan fingerprint density at radius 3 is 2.50 bits per heavy atom. The summed E-state index contributed by atoms with van der Waals surface area (Å²) in [6.07, 6.45) is 4.41. The average molecular weight is 292 g/mol. The van der Waals surface area contributed by atoms with Crippen molar-refractivity contribution < 1.29 is 9.47 Å². The van der Waals surface area contributed by atoms with Gasteiger partial charge < -0.3 is 9.47 Å². The van der Waals surface area contributed by atoms with Gasteiger partial charge in [-0.3, -0.25) is 4.98 Å². The minimum absolute atomic E-state index is 0.470. The molecule has 0 fully saturated rings. The van der Waals surface area contributed by atoms with Crippen LogP contribution in [0.2, 0.25) is 0 Å². The van der Waals surface area contributed by atoms with Crippen molar-refractivity contribution in [3.05, 3.63) is 53.9 Å². The number of alkyl halides is 1. The van der Waals surface area contributed by atoms with Gasteiger partial charge in [0.25, 0.3) is 0 Å². The van der Waals surface area contributed by atoms with Gasteiger partial charge >= 0.3 is 0 Å². The molecule has 20 heavy (non-hydrogen) atoms. The number of ether oxygens (including phenoxy) is 2. The summed E-state index contributed by atoms with van der Waals surface area (Å²) in [5.41, 5.74) is 2.23. The number of hydrogen-bond acceptors (Lipinski definition) is 3. The fourth-order valence-corrected chi connectivity index (χ4v) is 2.02. The summed E-state index contributed by atoms with van der Waals surface area (Å²) < 4.78 is 11.4. The van der Waals surface area contributed by atoms with Crippen molar-refractivity contribution in [2.45, 2.75) is 19.2 Å². The van der Waals surface area contributed by atoms with E-state index in [1.54, 1.807) is 12.4 Å². The third kappa shape index (κ3) is 4.14. The molecule has 2 rings (SSSR count). The van der Waals surface area contributed by atoms with E-state index in [1.807, 2.05) is 37.3 Å². The monoisotopic (exact) mass is 291 g/mol. The number of rotatable bonds is 7. The number of benzene rings is 1. The first-order chi connectivity index (χ1) is 9.83. The second-order valence-electron chi connectivity index (χ2n) is 4.30. The second kappa shape index (κ2) is 7.75. The third-order valence-electron chi connectivity index (χ3n) is 2.86. The van der Waals surface area contributed by atoms with Crippen LogP contribution in [0.3, 0.4) is 0 Å². The van der Waals surface area contributed by atoms with Crippen molar-refractivity contribution in [2.75, 3.05) is 13.2 Å². The molecule has 106 valence electrons. The summed E-state index contributed by atoms with van der Waals surface area (Å²) in [5.74, 6) is 1.98. The van der Waals surface area contributed by atoms with Gasteiger partial charge in [0, 0.05) is 24.7 Å². The van der Waals surface area contributed by atoms with Gasteiger partial charge in [0.2, 0.25) is 0 Å². The lowest BCUT2D eigenvalue weighted by Gasteiger charge is -2.13. The van der Waals surface area contributed by atoms with Gasteiger partial charge in [0.15, 0.2) is 11.5 Å². The van der Waals surface area contributed by atoms with Gasteiger partial charge in [-0.2, -0.15) is 0 Å². The lowest BCUT2D eigenvalue weighted by atomic mass is 10.2. The number of pyridine rings is 1. The van der Waals surface area contributed by atoms with Gasteiger partial charge in [0.05, 0.1) is 13.2 Å². The molecule has 0 amide bonds. The molecule has 0 aliphatic heterocycles. The SMILES string of the molecule is CCOc1cc(CCl)ccc1OCCc1ccncc1. The quantitative estimate of drug-likeness (QED) is 0.726. The van der Waals surface area contributed by atoms with E-state index >= 15 is 0 Å². The third-order valence-corrected chi connectivity index (χ3v) is 3.17. The van der Waals surface area contributed by atoms with E-state index in [4.69, 9.17) is 21.1 Å². The molecule has 0 spiro atoms. The molecule has 0 N–H and O–H groups in total. The Labute approximate surface area is 124 Å². The maximum absolute atomic E-state index is 5.83. The van der Waals surface area contributed by atoms with Crippen LogP contribution < -0.4 is 9.47 Å². The van der Waals surface area contributed by atoms with Crippen LogP contribution in [-0.4, -0.2) is 18.2 Å². The van der Waals surface area contributed by atoms with E-state index in [-0.39, 0.29) is 0 Å². The maximum Gasteiger partial charge on any atom is 0.161 e. The Balaban J connectivity index is 1.98. The van der Waals surface area contributed by atoms with Crippen molar-refractivity contribution in [1.82, 2.24) is 4.98 Å². The fourth-order valence-electron chi connectivity index (χ4n) is 1.85. The number of nitrogens with zero attached hydrogens (tertiary/aromatic N) is 1. The van der Waals surface area contributed by atoms with Gasteiger partial charge in [-0.15, -0.1) is 11.6 Å². The van der Waals surface area contributed by atoms with Crippen LogP contribution in [0.25, 0.3) is 0 Å². The summed E-state index contributed by atoms with van der Waals surface area (Å²) >= 11 is 5.83. The molecule has 0 bridgehead atoms. The van der Waals surface area contributed by atoms with Crippen LogP contribution >= 0.6 is 11.6 Å². The summed E-state index contributed by atoms with van der Waals surface area (Å²) in [6.45, 7) is 3.16. The van der Waals surface area contributed by atoms with E-state index < -0.39 is 0 Å². The van der Waals surface area contributed by atoms with Crippen molar-refractivity contribution >= 4 is 11.6 Å². The molecule has 1 aromatic heterocycles. The Morgan fingerprint density at radius 1 is 1.00 bits per heavy atom. The Hall–Kier alpha value is -1.74. The summed E-state index contributed by atoms with van der Waals surface area (Å²) in [5, 5.41) is 0. The maximum atomic E-state index is 5.83. The molecule has 0 aliphatic carbocycles. The highest BCUT2D eigenvalue weighted by atomic mass is 35.5. The minimum Gasteiger partial charge on any atom is -0.490 e. The van der Waals surface area contributed by atoms with E-state index in [0.717, 1.165) is 23.5 Å². The predicted octanol–water partition coefficient (Wildman–Crippen LogP) is 3.84. The van der Waals surface area contributed by atoms with E-state index in [9.17, 15) is 0 Å². The molecule has 3 nitrogen and oxygen atoms in total. The Bertz CT molecular complexity index is 531. The van der Waals surface area contributed by atoms with Gasteiger partial charge in [-0.05, 0) is 42.3 Å². The zero-order chi connectivity index (χ0) is 14.2. The Morgan fingerprint density at radius 2 is 1.80 bits per heavy atom. The molecule has 1 heterocycles. The largest absolute Gasteiger partial charge is 0.490 e. The summed E-state index contributed by atoms with van der Waals surface area (Å²) in [4.78, 5) is 4.00. The van der Waals surface area contributed by atoms with E-state index in [2.05, 4.69) is 4.98 Å². The number of hydrogen-bond donors (Lipinski definition) is 0. The molecule has 0 aliphatic rings. The molecule has 2 aromatic rings. The fraction of sp³-hybridized carbons (Fsp3) is 0.312. The normalized spacial score (nSPS) is 10.3. The van der Waals surface area contributed by atoms with Crippen LogP contribution in [0.1, 0.15) is 18.1 Å². The molecule has 1 aromatic carbocycles. The zero-order valence-electron chi connectivity index (χ0n) is 11.5. The molecular weight excluding hydrogens is 274 g/mol. The van der Waals surface area contributed by atoms with Crippen molar-refractivity contribution in [3.63, 3.8) is 0 Å². The van der Waals surface area contributed by atoms with Gasteiger partial charge in [-0.1, -0.05) is 6.07 Å². The number of halogens is 1. The van der Waals surface area contributed by atoms with E-state index in [0.29, 0.717) is 19.1 Å². The highest BCUT2D eigenvalue weighted by molar-refractivity contribution is 6.17. The molecule has 0 atom stereocenters. The highest BCUT2D eigenvalue weighted by Gasteiger charge is 2.06. The highest BCUT2D eigenvalue weighted by Crippen LogP contribution is 2.29. The van der Waals surface area contributed by atoms with Crippen LogP contribution in [0.4, 0.5) is 0 Å². The van der Waals surface area contributed by atoms with Crippen molar-refractivity contribution in [1.29, 1.82) is 0 Å². The topological polar surface area (TPSA) is 31.4 Å². The zero-order valence-corrected chi connectivity index (χ0v) is 12.3. The smallest absolute Gasteiger partial charge is 0.161 e. The van der Waals surface area contributed by atoms with Crippen LogP contribution in [-0.2, 0) is 12.3 Å². The number of aromatic nitrogens is 1. The first-order valence-electron chi connectivity index (χ1n) is 6.67. The molecule has 0 saturated carbocycles. The first kappa shape index (κ1) is 14.7. The van der Waals surface area contributed by atoms with Gasteiger partial charge in [0.1, 0.15) is 0 Å². The average Bonchev–Trinajstić information content (AvgIpc) is 2.50. The minimum atomic E-state index is 0.470. The predicted molar refractivity (Wildman–Crippen MR) is 80.6 cm³/mol. The van der Waals surface area contributed by atoms with Crippen LogP contribution in [0, 0.1) is 0 Å². The summed E-state index contributed by atoms with van der Waals surface area (Å²) in [6, 6.07) is 9.78. The summed E-state index contributed by atoms with van der Waals surface area (Å²) in [7, 11) is 0. The van der Waals surface area contributed by atoms with Crippen molar-refractivity contribution in [3.8, 4) is 11.5 Å². The molecule has 0 unspecified atom stereocenters. The van der Waals surface area contributed by atoms with Crippen molar-refractivity contribution in [2.24, 2.45) is 0 Å². The molecule has 0 saturated heterocycles. The molecular formula is C16H18ClNO2. The van der Waals surface area contributed by atoms with Gasteiger partial charge in [-0.25, -0.2) is 0 Å².